The highest BCUT2D eigenvalue weighted by atomic mass is 127. The number of amides is 1. The standard InChI is InChI=1S/C18H31N5OS.HI/c1-7-19-17(20-9-8-15-11-25-14(4)21-15)22-10-16(24)23(13(2)3)18(5,6)12-22;/h11,13H,7-10,12H2,1-6H3,(H,19,20);1H. The van der Waals surface area contributed by atoms with Gasteiger partial charge in [0.1, 0.15) is 0 Å². The predicted octanol–water partition coefficient (Wildman–Crippen LogP) is 2.91. The Morgan fingerprint density at radius 2 is 2.15 bits per heavy atom. The quantitative estimate of drug-likeness (QED) is 0.390. The number of piperazine rings is 1. The van der Waals surface area contributed by atoms with Gasteiger partial charge in [0.25, 0.3) is 0 Å². The fourth-order valence-electron chi connectivity index (χ4n) is 3.54. The SMILES string of the molecule is CCNC(=NCCc1csc(C)n1)N1CC(=O)N(C(C)C)C(C)(C)C1.I. The molecule has 1 aromatic heterocycles. The number of nitrogens with zero attached hydrogens (tertiary/aromatic N) is 4. The lowest BCUT2D eigenvalue weighted by atomic mass is 9.96. The van der Waals surface area contributed by atoms with E-state index in [9.17, 15) is 4.79 Å². The summed E-state index contributed by atoms with van der Waals surface area (Å²) < 4.78 is 0. The molecule has 6 nitrogen and oxygen atoms in total. The molecule has 1 aliphatic heterocycles. The Morgan fingerprint density at radius 1 is 1.46 bits per heavy atom. The van der Waals surface area contributed by atoms with Crippen molar-refractivity contribution in [2.45, 2.75) is 59.5 Å². The highest BCUT2D eigenvalue weighted by Crippen LogP contribution is 2.24. The van der Waals surface area contributed by atoms with Crippen molar-refractivity contribution in [1.82, 2.24) is 20.1 Å². The van der Waals surface area contributed by atoms with Gasteiger partial charge in [0.05, 0.1) is 22.8 Å². The Bertz CT molecular complexity index is 629. The van der Waals surface area contributed by atoms with Gasteiger partial charge in [-0.2, -0.15) is 0 Å². The van der Waals surface area contributed by atoms with Crippen molar-refractivity contribution in [3.8, 4) is 0 Å². The number of nitrogens with one attached hydrogen (secondary N) is 1. The molecule has 0 saturated carbocycles. The minimum Gasteiger partial charge on any atom is -0.357 e. The third kappa shape index (κ3) is 5.80. The number of aromatic nitrogens is 1. The van der Waals surface area contributed by atoms with Crippen molar-refractivity contribution < 1.29 is 4.79 Å². The highest BCUT2D eigenvalue weighted by molar-refractivity contribution is 14.0. The molecule has 148 valence electrons. The van der Waals surface area contributed by atoms with Crippen LogP contribution >= 0.6 is 35.3 Å². The number of aryl methyl sites for hydroxylation is 1. The first-order valence-corrected chi connectivity index (χ1v) is 9.89. The van der Waals surface area contributed by atoms with E-state index in [1.165, 1.54) is 0 Å². The van der Waals surface area contributed by atoms with E-state index < -0.39 is 0 Å². The summed E-state index contributed by atoms with van der Waals surface area (Å²) in [6.07, 6.45) is 0.822. The average molecular weight is 493 g/mol. The van der Waals surface area contributed by atoms with E-state index in [4.69, 9.17) is 4.99 Å². The second-order valence-corrected chi connectivity index (χ2v) is 8.43. The fraction of sp³-hybridized carbons (Fsp3) is 0.722. The number of aliphatic imine (C=N–C) groups is 1. The summed E-state index contributed by atoms with van der Waals surface area (Å²) in [5, 5.41) is 6.51. The number of hydrogen-bond acceptors (Lipinski definition) is 4. The van der Waals surface area contributed by atoms with Crippen LogP contribution in [0.4, 0.5) is 0 Å². The van der Waals surface area contributed by atoms with Crippen molar-refractivity contribution in [3.05, 3.63) is 16.1 Å². The van der Waals surface area contributed by atoms with E-state index in [0.29, 0.717) is 13.1 Å². The van der Waals surface area contributed by atoms with Crippen LogP contribution < -0.4 is 5.32 Å². The summed E-state index contributed by atoms with van der Waals surface area (Å²) in [5.41, 5.74) is 0.870. The highest BCUT2D eigenvalue weighted by Gasteiger charge is 2.40. The van der Waals surface area contributed by atoms with Gasteiger partial charge in [0.15, 0.2) is 5.96 Å². The van der Waals surface area contributed by atoms with Gasteiger partial charge in [-0.15, -0.1) is 35.3 Å². The van der Waals surface area contributed by atoms with Crippen LogP contribution in [0.1, 0.15) is 45.3 Å². The molecule has 0 aromatic carbocycles. The van der Waals surface area contributed by atoms with Crippen LogP contribution in [0.2, 0.25) is 0 Å². The summed E-state index contributed by atoms with van der Waals surface area (Å²) in [6.45, 7) is 15.1. The van der Waals surface area contributed by atoms with E-state index >= 15 is 0 Å². The van der Waals surface area contributed by atoms with Crippen LogP contribution in [0.5, 0.6) is 0 Å². The van der Waals surface area contributed by atoms with Crippen molar-refractivity contribution in [2.24, 2.45) is 4.99 Å². The first-order valence-electron chi connectivity index (χ1n) is 9.01. The first-order chi connectivity index (χ1) is 11.7. The van der Waals surface area contributed by atoms with E-state index in [1.807, 2.05) is 11.8 Å². The second-order valence-electron chi connectivity index (χ2n) is 7.37. The van der Waals surface area contributed by atoms with Gasteiger partial charge in [0, 0.05) is 37.5 Å². The molecule has 1 aromatic rings. The topological polar surface area (TPSA) is 60.8 Å². The molecule has 0 aliphatic carbocycles. The Labute approximate surface area is 178 Å². The normalized spacial score (nSPS) is 17.5. The summed E-state index contributed by atoms with van der Waals surface area (Å²) >= 11 is 1.67. The average Bonchev–Trinajstić information content (AvgIpc) is 2.89. The molecule has 0 bridgehead atoms. The van der Waals surface area contributed by atoms with Crippen molar-refractivity contribution in [2.75, 3.05) is 26.2 Å². The Kier molecular flexibility index (Phi) is 8.78. The maximum Gasteiger partial charge on any atom is 0.242 e. The number of carbonyl (C=O) groups excluding carboxylic acids is 1. The molecule has 1 N–H and O–H groups in total. The monoisotopic (exact) mass is 493 g/mol. The van der Waals surface area contributed by atoms with Crippen LogP contribution in [0.3, 0.4) is 0 Å². The van der Waals surface area contributed by atoms with Gasteiger partial charge >= 0.3 is 0 Å². The van der Waals surface area contributed by atoms with Crippen LogP contribution in [0.25, 0.3) is 0 Å². The Hall–Kier alpha value is -0.900. The number of halogens is 1. The minimum absolute atomic E-state index is 0. The van der Waals surface area contributed by atoms with Gasteiger partial charge in [-0.1, -0.05) is 0 Å². The van der Waals surface area contributed by atoms with E-state index in [0.717, 1.165) is 36.2 Å². The van der Waals surface area contributed by atoms with E-state index in [2.05, 4.69) is 55.2 Å². The zero-order chi connectivity index (χ0) is 18.6. The maximum atomic E-state index is 12.7. The molecule has 0 radical (unpaired) electrons. The predicted molar refractivity (Wildman–Crippen MR) is 120 cm³/mol. The molecule has 0 unspecified atom stereocenters. The molecule has 0 atom stereocenters. The van der Waals surface area contributed by atoms with Crippen molar-refractivity contribution >= 4 is 47.2 Å². The zero-order valence-corrected chi connectivity index (χ0v) is 19.9. The van der Waals surface area contributed by atoms with Gasteiger partial charge in [0.2, 0.25) is 5.91 Å². The van der Waals surface area contributed by atoms with Gasteiger partial charge in [-0.25, -0.2) is 4.98 Å². The van der Waals surface area contributed by atoms with E-state index in [-0.39, 0.29) is 41.5 Å². The molecule has 0 spiro atoms. The summed E-state index contributed by atoms with van der Waals surface area (Å²) in [5.74, 6) is 0.978. The second kappa shape index (κ2) is 9.87. The van der Waals surface area contributed by atoms with E-state index in [1.54, 1.807) is 11.3 Å². The van der Waals surface area contributed by atoms with Gasteiger partial charge in [-0.3, -0.25) is 9.79 Å². The number of carbonyl (C=O) groups is 1. The lowest BCUT2D eigenvalue weighted by molar-refractivity contribution is -0.145. The third-order valence-corrected chi connectivity index (χ3v) is 5.09. The maximum absolute atomic E-state index is 12.7. The Balaban J connectivity index is 0.00000338. The molecule has 26 heavy (non-hydrogen) atoms. The molecule has 1 aliphatic rings. The third-order valence-electron chi connectivity index (χ3n) is 4.27. The summed E-state index contributed by atoms with van der Waals surface area (Å²) in [4.78, 5) is 26.0. The molecule has 1 saturated heterocycles. The molecule has 2 heterocycles. The summed E-state index contributed by atoms with van der Waals surface area (Å²) in [6, 6.07) is 0.206. The lowest BCUT2D eigenvalue weighted by Gasteiger charge is -2.49. The van der Waals surface area contributed by atoms with Crippen molar-refractivity contribution in [3.63, 3.8) is 0 Å². The first kappa shape index (κ1) is 23.1. The minimum atomic E-state index is -0.217. The molecule has 8 heteroatoms. The van der Waals surface area contributed by atoms with Gasteiger partial charge in [-0.05, 0) is 41.5 Å². The smallest absolute Gasteiger partial charge is 0.242 e. The fourth-order valence-corrected chi connectivity index (χ4v) is 4.19. The van der Waals surface area contributed by atoms with Crippen LogP contribution in [-0.2, 0) is 11.2 Å². The molecular weight excluding hydrogens is 461 g/mol. The summed E-state index contributed by atoms with van der Waals surface area (Å²) in [7, 11) is 0. The van der Waals surface area contributed by atoms with Crippen LogP contribution in [-0.4, -0.2) is 64.4 Å². The lowest BCUT2D eigenvalue weighted by Crippen LogP contribution is -2.66. The molecule has 2 rings (SSSR count). The number of thiazole rings is 1. The molecule has 1 fully saturated rings. The number of guanidine groups is 1. The largest absolute Gasteiger partial charge is 0.357 e. The number of hydrogen-bond donors (Lipinski definition) is 1. The molecule has 1 amide bonds. The zero-order valence-electron chi connectivity index (χ0n) is 16.7. The van der Waals surface area contributed by atoms with Crippen LogP contribution in [0.15, 0.2) is 10.4 Å². The Morgan fingerprint density at radius 3 is 2.65 bits per heavy atom. The number of rotatable bonds is 5. The van der Waals surface area contributed by atoms with Crippen LogP contribution in [0, 0.1) is 6.92 Å². The molecular formula is C18H32IN5OS. The van der Waals surface area contributed by atoms with Crippen molar-refractivity contribution in [1.29, 1.82) is 0 Å². The van der Waals surface area contributed by atoms with Gasteiger partial charge < -0.3 is 15.1 Å².